The molecule has 1 atom stereocenters. The molecule has 4 nitrogen and oxygen atoms in total. The van der Waals surface area contributed by atoms with Gasteiger partial charge in [-0.15, -0.1) is 0 Å². The number of aromatic nitrogens is 3. The van der Waals surface area contributed by atoms with Gasteiger partial charge in [-0.25, -0.2) is 4.98 Å². The molecular formula is C15H20N4. The van der Waals surface area contributed by atoms with Crippen LogP contribution >= 0.6 is 0 Å². The van der Waals surface area contributed by atoms with Crippen molar-refractivity contribution >= 4 is 0 Å². The molecule has 100 valence electrons. The van der Waals surface area contributed by atoms with Gasteiger partial charge in [0.05, 0.1) is 0 Å². The van der Waals surface area contributed by atoms with Crippen molar-refractivity contribution in [1.82, 2.24) is 14.8 Å². The third-order valence-corrected chi connectivity index (χ3v) is 4.34. The first-order chi connectivity index (χ1) is 9.29. The molecule has 1 aromatic carbocycles. The fraction of sp³-hybridized carbons (Fsp3) is 0.467. The molecule has 0 bridgehead atoms. The molecule has 0 radical (unpaired) electrons. The van der Waals surface area contributed by atoms with Crippen LogP contribution < -0.4 is 5.73 Å². The average Bonchev–Trinajstić information content (AvgIpc) is 3.05. The third-order valence-electron chi connectivity index (χ3n) is 4.34. The molecule has 0 fully saturated rings. The molecule has 2 N–H and O–H groups in total. The van der Waals surface area contributed by atoms with Crippen molar-refractivity contribution in [1.29, 1.82) is 0 Å². The Morgan fingerprint density at radius 2 is 2.21 bits per heavy atom. The molecule has 3 rings (SSSR count). The Labute approximate surface area is 113 Å². The van der Waals surface area contributed by atoms with Gasteiger partial charge in [0, 0.05) is 24.9 Å². The van der Waals surface area contributed by atoms with Gasteiger partial charge < -0.3 is 5.73 Å². The summed E-state index contributed by atoms with van der Waals surface area (Å²) in [7, 11) is 0. The number of benzene rings is 1. The highest BCUT2D eigenvalue weighted by Crippen LogP contribution is 2.40. The van der Waals surface area contributed by atoms with Gasteiger partial charge in [0.15, 0.2) is 0 Å². The van der Waals surface area contributed by atoms with Gasteiger partial charge in [-0.2, -0.15) is 5.10 Å². The van der Waals surface area contributed by atoms with Crippen molar-refractivity contribution in [3.63, 3.8) is 0 Å². The molecule has 0 spiro atoms. The predicted molar refractivity (Wildman–Crippen MR) is 74.9 cm³/mol. The Bertz CT molecular complexity index is 575. The first-order valence-corrected chi connectivity index (χ1v) is 6.94. The van der Waals surface area contributed by atoms with E-state index in [9.17, 15) is 0 Å². The minimum Gasteiger partial charge on any atom is -0.330 e. The first-order valence-electron chi connectivity index (χ1n) is 6.94. The van der Waals surface area contributed by atoms with Gasteiger partial charge in [0.2, 0.25) is 0 Å². The fourth-order valence-electron chi connectivity index (χ4n) is 3.22. The van der Waals surface area contributed by atoms with Crippen LogP contribution in [-0.2, 0) is 24.8 Å². The summed E-state index contributed by atoms with van der Waals surface area (Å²) in [4.78, 5) is 4.41. The molecule has 0 saturated carbocycles. The second-order valence-electron chi connectivity index (χ2n) is 5.31. The lowest BCUT2D eigenvalue weighted by atomic mass is 9.78. The lowest BCUT2D eigenvalue weighted by Gasteiger charge is -2.28. The molecule has 1 aromatic heterocycles. The third kappa shape index (κ3) is 1.96. The molecule has 19 heavy (non-hydrogen) atoms. The van der Waals surface area contributed by atoms with Gasteiger partial charge >= 0.3 is 0 Å². The van der Waals surface area contributed by atoms with Gasteiger partial charge in [0.25, 0.3) is 0 Å². The fourth-order valence-corrected chi connectivity index (χ4v) is 3.22. The average molecular weight is 256 g/mol. The summed E-state index contributed by atoms with van der Waals surface area (Å²) in [5, 5.41) is 4.26. The van der Waals surface area contributed by atoms with Crippen molar-refractivity contribution in [2.75, 3.05) is 6.54 Å². The SMILES string of the molecule is CCn1ncnc1CC1(CN)CCc2ccccc21. The van der Waals surface area contributed by atoms with E-state index in [2.05, 4.69) is 41.3 Å². The van der Waals surface area contributed by atoms with Crippen molar-refractivity contribution in [2.24, 2.45) is 5.73 Å². The van der Waals surface area contributed by atoms with Crippen LogP contribution in [0, 0.1) is 0 Å². The Balaban J connectivity index is 1.98. The lowest BCUT2D eigenvalue weighted by molar-refractivity contribution is 0.409. The van der Waals surface area contributed by atoms with Crippen LogP contribution in [0.5, 0.6) is 0 Å². The van der Waals surface area contributed by atoms with Gasteiger partial charge in [-0.1, -0.05) is 24.3 Å². The number of aryl methyl sites for hydroxylation is 2. The van der Waals surface area contributed by atoms with Crippen molar-refractivity contribution < 1.29 is 0 Å². The summed E-state index contributed by atoms with van der Waals surface area (Å²) < 4.78 is 1.97. The smallest absolute Gasteiger partial charge is 0.138 e. The highest BCUT2D eigenvalue weighted by Gasteiger charge is 2.38. The molecule has 2 aromatic rings. The van der Waals surface area contributed by atoms with E-state index in [1.54, 1.807) is 6.33 Å². The second kappa shape index (κ2) is 4.78. The number of fused-ring (bicyclic) bond motifs is 1. The second-order valence-corrected chi connectivity index (χ2v) is 5.31. The summed E-state index contributed by atoms with van der Waals surface area (Å²) in [6.07, 6.45) is 4.76. The minimum atomic E-state index is 0.0382. The Kier molecular flexibility index (Phi) is 3.11. The summed E-state index contributed by atoms with van der Waals surface area (Å²) in [6, 6.07) is 8.66. The van der Waals surface area contributed by atoms with E-state index in [-0.39, 0.29) is 5.41 Å². The van der Waals surface area contributed by atoms with E-state index in [1.807, 2.05) is 4.68 Å². The molecule has 0 amide bonds. The molecule has 4 heteroatoms. The highest BCUT2D eigenvalue weighted by molar-refractivity contribution is 5.40. The zero-order chi connectivity index (χ0) is 13.3. The first kappa shape index (κ1) is 12.4. The lowest BCUT2D eigenvalue weighted by Crippen LogP contribution is -2.36. The maximum atomic E-state index is 6.13. The topological polar surface area (TPSA) is 56.7 Å². The normalized spacial score (nSPS) is 21.6. The monoisotopic (exact) mass is 256 g/mol. The number of nitrogens with zero attached hydrogens (tertiary/aromatic N) is 3. The number of hydrogen-bond donors (Lipinski definition) is 1. The summed E-state index contributed by atoms with van der Waals surface area (Å²) in [5.41, 5.74) is 9.02. The Morgan fingerprint density at radius 3 is 3.00 bits per heavy atom. The van der Waals surface area contributed by atoms with Crippen LogP contribution in [0.25, 0.3) is 0 Å². The summed E-state index contributed by atoms with van der Waals surface area (Å²) in [6.45, 7) is 3.62. The van der Waals surface area contributed by atoms with Crippen molar-refractivity contribution in [2.45, 2.75) is 38.1 Å². The molecular weight excluding hydrogens is 236 g/mol. The predicted octanol–water partition coefficient (Wildman–Crippen LogP) is 1.68. The molecule has 1 unspecified atom stereocenters. The molecule has 1 heterocycles. The van der Waals surface area contributed by atoms with Gasteiger partial charge in [0.1, 0.15) is 12.2 Å². The van der Waals surface area contributed by atoms with Crippen LogP contribution in [0.2, 0.25) is 0 Å². The van der Waals surface area contributed by atoms with Crippen LogP contribution in [0.15, 0.2) is 30.6 Å². The van der Waals surface area contributed by atoms with Crippen molar-refractivity contribution in [3.05, 3.63) is 47.5 Å². The highest BCUT2D eigenvalue weighted by atomic mass is 15.3. The molecule has 0 saturated heterocycles. The van der Waals surface area contributed by atoms with E-state index < -0.39 is 0 Å². The number of nitrogens with two attached hydrogens (primary N) is 1. The quantitative estimate of drug-likeness (QED) is 0.905. The van der Waals surface area contributed by atoms with Gasteiger partial charge in [-0.05, 0) is 30.9 Å². The minimum absolute atomic E-state index is 0.0382. The van der Waals surface area contributed by atoms with Crippen LogP contribution in [0.4, 0.5) is 0 Å². The molecule has 0 aliphatic heterocycles. The van der Waals surface area contributed by atoms with E-state index in [0.29, 0.717) is 6.54 Å². The van der Waals surface area contributed by atoms with Gasteiger partial charge in [-0.3, -0.25) is 4.68 Å². The van der Waals surface area contributed by atoms with E-state index >= 15 is 0 Å². The van der Waals surface area contributed by atoms with E-state index in [4.69, 9.17) is 5.73 Å². The van der Waals surface area contributed by atoms with E-state index in [1.165, 1.54) is 11.1 Å². The van der Waals surface area contributed by atoms with Crippen LogP contribution in [0.1, 0.15) is 30.3 Å². The zero-order valence-electron chi connectivity index (χ0n) is 11.3. The maximum absolute atomic E-state index is 6.13. The van der Waals surface area contributed by atoms with Crippen LogP contribution in [0.3, 0.4) is 0 Å². The zero-order valence-corrected chi connectivity index (χ0v) is 11.3. The number of rotatable bonds is 4. The van der Waals surface area contributed by atoms with Crippen molar-refractivity contribution in [3.8, 4) is 0 Å². The maximum Gasteiger partial charge on any atom is 0.138 e. The van der Waals surface area contributed by atoms with E-state index in [0.717, 1.165) is 31.6 Å². The standard InChI is InChI=1S/C15H20N4/c1-2-19-14(17-11-18-19)9-15(10-16)8-7-12-5-3-4-6-13(12)15/h3-6,11H,2,7-10,16H2,1H3. The largest absolute Gasteiger partial charge is 0.330 e. The number of hydrogen-bond acceptors (Lipinski definition) is 3. The Hall–Kier alpha value is -1.68. The van der Waals surface area contributed by atoms with Crippen LogP contribution in [-0.4, -0.2) is 21.3 Å². The summed E-state index contributed by atoms with van der Waals surface area (Å²) in [5.74, 6) is 1.05. The Morgan fingerprint density at radius 1 is 1.37 bits per heavy atom. The molecule has 1 aliphatic carbocycles. The summed E-state index contributed by atoms with van der Waals surface area (Å²) >= 11 is 0. The molecule has 1 aliphatic rings.